The molecule has 3 rings (SSSR count). The average Bonchev–Trinajstić information content (AvgIpc) is 2.83. The molecule has 0 saturated heterocycles. The molecule has 0 radical (unpaired) electrons. The molecule has 0 bridgehead atoms. The van der Waals surface area contributed by atoms with Crippen molar-refractivity contribution in [2.75, 3.05) is 0 Å². The van der Waals surface area contributed by atoms with Crippen molar-refractivity contribution in [3.05, 3.63) is 53.9 Å². The molecule has 1 aromatic carbocycles. The number of nitrogens with zero attached hydrogens (tertiary/aromatic N) is 3. The molecule has 1 aromatic heterocycles. The molecule has 19 heavy (non-hydrogen) atoms. The minimum Gasteiger partial charge on any atom is -0.244 e. The highest BCUT2D eigenvalue weighted by atomic mass is 32.2. The van der Waals surface area contributed by atoms with Crippen molar-refractivity contribution in [1.29, 1.82) is 0 Å². The summed E-state index contributed by atoms with van der Waals surface area (Å²) < 4.78 is 39.1. The van der Waals surface area contributed by atoms with Crippen LogP contribution in [-0.4, -0.2) is 22.7 Å². The third-order valence-corrected chi connectivity index (χ3v) is 4.78. The van der Waals surface area contributed by atoms with E-state index in [2.05, 4.69) is 9.97 Å². The lowest BCUT2D eigenvalue weighted by atomic mass is 10.3. The summed E-state index contributed by atoms with van der Waals surface area (Å²) in [5, 5.41) is 0. The Morgan fingerprint density at radius 2 is 2.11 bits per heavy atom. The quantitative estimate of drug-likeness (QED) is 0.831. The summed E-state index contributed by atoms with van der Waals surface area (Å²) in [5.41, 5.74) is 1.47. The standard InChI is InChI=1S/C12H10FN3O2S/c13-10-2-1-3-11(4-10)19(17,18)16-6-9-5-14-8-15-12(9)7-16/h1-5,8H,6-7H2. The molecule has 2 aromatic rings. The van der Waals surface area contributed by atoms with Crippen LogP contribution in [0.5, 0.6) is 0 Å². The van der Waals surface area contributed by atoms with Crippen LogP contribution in [0.15, 0.2) is 41.7 Å². The minimum absolute atomic E-state index is 0.0479. The van der Waals surface area contributed by atoms with Gasteiger partial charge in [-0.05, 0) is 18.2 Å². The van der Waals surface area contributed by atoms with E-state index in [0.29, 0.717) is 5.69 Å². The van der Waals surface area contributed by atoms with E-state index in [9.17, 15) is 12.8 Å². The molecule has 0 atom stereocenters. The zero-order chi connectivity index (χ0) is 13.5. The lowest BCUT2D eigenvalue weighted by molar-refractivity contribution is 0.429. The molecule has 0 amide bonds. The first kappa shape index (κ1) is 12.2. The molecule has 98 valence electrons. The van der Waals surface area contributed by atoms with Crippen molar-refractivity contribution in [2.24, 2.45) is 0 Å². The maximum atomic E-state index is 13.1. The monoisotopic (exact) mass is 279 g/mol. The molecule has 7 heteroatoms. The van der Waals surface area contributed by atoms with Gasteiger partial charge >= 0.3 is 0 Å². The summed E-state index contributed by atoms with van der Waals surface area (Å²) in [6.07, 6.45) is 2.99. The summed E-state index contributed by atoms with van der Waals surface area (Å²) >= 11 is 0. The Morgan fingerprint density at radius 3 is 2.84 bits per heavy atom. The van der Waals surface area contributed by atoms with Crippen molar-refractivity contribution in [3.8, 4) is 0 Å². The highest BCUT2D eigenvalue weighted by Gasteiger charge is 2.31. The third-order valence-electron chi connectivity index (χ3n) is 2.99. The van der Waals surface area contributed by atoms with Crippen molar-refractivity contribution < 1.29 is 12.8 Å². The maximum absolute atomic E-state index is 13.1. The Kier molecular flexibility index (Phi) is 2.79. The number of hydrogen-bond acceptors (Lipinski definition) is 4. The fraction of sp³-hybridized carbons (Fsp3) is 0.167. The molecule has 0 unspecified atom stereocenters. The van der Waals surface area contributed by atoms with Crippen LogP contribution in [0.1, 0.15) is 11.3 Å². The third kappa shape index (κ3) is 2.11. The van der Waals surface area contributed by atoms with E-state index in [1.807, 2.05) is 0 Å². The molecule has 1 aliphatic rings. The maximum Gasteiger partial charge on any atom is 0.243 e. The van der Waals surface area contributed by atoms with Crippen molar-refractivity contribution in [1.82, 2.24) is 14.3 Å². The topological polar surface area (TPSA) is 63.2 Å². The van der Waals surface area contributed by atoms with Gasteiger partial charge in [-0.3, -0.25) is 0 Å². The molecule has 0 spiro atoms. The largest absolute Gasteiger partial charge is 0.244 e. The Bertz CT molecular complexity index is 708. The summed E-state index contributed by atoms with van der Waals surface area (Å²) in [6.45, 7) is 0.408. The molecule has 0 N–H and O–H groups in total. The summed E-state index contributed by atoms with van der Waals surface area (Å²) in [4.78, 5) is 7.86. The second kappa shape index (κ2) is 4.36. The van der Waals surface area contributed by atoms with Gasteiger partial charge in [0.25, 0.3) is 0 Å². The van der Waals surface area contributed by atoms with E-state index in [0.717, 1.165) is 11.6 Å². The first-order valence-electron chi connectivity index (χ1n) is 5.61. The van der Waals surface area contributed by atoms with Gasteiger partial charge in [-0.2, -0.15) is 4.31 Å². The van der Waals surface area contributed by atoms with Crippen LogP contribution in [0.4, 0.5) is 4.39 Å². The molecule has 0 aliphatic carbocycles. The number of aromatic nitrogens is 2. The van der Waals surface area contributed by atoms with Crippen LogP contribution in [0.3, 0.4) is 0 Å². The van der Waals surface area contributed by atoms with Crippen molar-refractivity contribution in [2.45, 2.75) is 18.0 Å². The molecule has 2 heterocycles. The minimum atomic E-state index is -3.70. The molecular weight excluding hydrogens is 269 g/mol. The normalized spacial score (nSPS) is 15.4. The summed E-state index contributed by atoms with van der Waals surface area (Å²) in [7, 11) is -3.70. The number of hydrogen-bond donors (Lipinski definition) is 0. The summed E-state index contributed by atoms with van der Waals surface area (Å²) in [6, 6.07) is 4.99. The van der Waals surface area contributed by atoms with Gasteiger partial charge in [0, 0.05) is 18.3 Å². The zero-order valence-electron chi connectivity index (χ0n) is 9.82. The van der Waals surface area contributed by atoms with E-state index >= 15 is 0 Å². The smallest absolute Gasteiger partial charge is 0.243 e. The van der Waals surface area contributed by atoms with Gasteiger partial charge in [0.1, 0.15) is 12.1 Å². The number of halogens is 1. The SMILES string of the molecule is O=S(=O)(c1cccc(F)c1)N1Cc2cncnc2C1. The second-order valence-corrected chi connectivity index (χ2v) is 6.16. The van der Waals surface area contributed by atoms with Crippen LogP contribution >= 0.6 is 0 Å². The van der Waals surface area contributed by atoms with Gasteiger partial charge in [-0.1, -0.05) is 6.07 Å². The number of sulfonamides is 1. The average molecular weight is 279 g/mol. The lowest BCUT2D eigenvalue weighted by Crippen LogP contribution is -2.25. The van der Waals surface area contributed by atoms with Gasteiger partial charge in [0.05, 0.1) is 17.1 Å². The molecular formula is C12H10FN3O2S. The van der Waals surface area contributed by atoms with Crippen LogP contribution in [-0.2, 0) is 23.1 Å². The van der Waals surface area contributed by atoms with Gasteiger partial charge < -0.3 is 0 Å². The number of rotatable bonds is 2. The van der Waals surface area contributed by atoms with Crippen LogP contribution < -0.4 is 0 Å². The Labute approximate surface area is 109 Å². The Balaban J connectivity index is 1.96. The Morgan fingerprint density at radius 1 is 1.26 bits per heavy atom. The highest BCUT2D eigenvalue weighted by Crippen LogP contribution is 2.26. The Hall–Kier alpha value is -1.86. The van der Waals surface area contributed by atoms with Crippen molar-refractivity contribution >= 4 is 10.0 Å². The highest BCUT2D eigenvalue weighted by molar-refractivity contribution is 7.89. The number of fused-ring (bicyclic) bond motifs is 1. The zero-order valence-corrected chi connectivity index (χ0v) is 10.6. The van der Waals surface area contributed by atoms with Crippen LogP contribution in [0.25, 0.3) is 0 Å². The van der Waals surface area contributed by atoms with Crippen LogP contribution in [0, 0.1) is 5.82 Å². The van der Waals surface area contributed by atoms with E-state index in [-0.39, 0.29) is 18.0 Å². The van der Waals surface area contributed by atoms with Crippen LogP contribution in [0.2, 0.25) is 0 Å². The van der Waals surface area contributed by atoms with E-state index < -0.39 is 15.8 Å². The second-order valence-electron chi connectivity index (χ2n) is 4.23. The fourth-order valence-electron chi connectivity index (χ4n) is 2.02. The predicted octanol–water partition coefficient (Wildman–Crippen LogP) is 1.32. The molecule has 0 saturated carbocycles. The lowest BCUT2D eigenvalue weighted by Gasteiger charge is -2.15. The summed E-state index contributed by atoms with van der Waals surface area (Å²) in [5.74, 6) is -0.572. The van der Waals surface area contributed by atoms with Gasteiger partial charge in [-0.25, -0.2) is 22.8 Å². The molecule has 5 nitrogen and oxygen atoms in total. The number of benzene rings is 1. The first-order valence-corrected chi connectivity index (χ1v) is 7.05. The van der Waals surface area contributed by atoms with Gasteiger partial charge in [0.2, 0.25) is 10.0 Å². The van der Waals surface area contributed by atoms with Gasteiger partial charge in [-0.15, -0.1) is 0 Å². The molecule has 0 fully saturated rings. The molecule has 1 aliphatic heterocycles. The predicted molar refractivity (Wildman–Crippen MR) is 64.9 cm³/mol. The van der Waals surface area contributed by atoms with E-state index in [1.54, 1.807) is 6.20 Å². The van der Waals surface area contributed by atoms with E-state index in [4.69, 9.17) is 0 Å². The van der Waals surface area contributed by atoms with Crippen molar-refractivity contribution in [3.63, 3.8) is 0 Å². The van der Waals surface area contributed by atoms with Gasteiger partial charge in [0.15, 0.2) is 0 Å². The fourth-order valence-corrected chi connectivity index (χ4v) is 3.43. The first-order chi connectivity index (χ1) is 9.07. The van der Waals surface area contributed by atoms with E-state index in [1.165, 1.54) is 28.8 Å².